The summed E-state index contributed by atoms with van der Waals surface area (Å²) < 4.78 is 1.33. The third kappa shape index (κ3) is 3.00. The first-order valence-electron chi connectivity index (χ1n) is 7.00. The van der Waals surface area contributed by atoms with Crippen LogP contribution in [-0.4, -0.2) is 15.5 Å². The third-order valence-corrected chi connectivity index (χ3v) is 4.82. The lowest BCUT2D eigenvalue weighted by molar-refractivity contribution is -0.118. The van der Waals surface area contributed by atoms with Crippen molar-refractivity contribution < 1.29 is 4.79 Å². The molecule has 1 amide bonds. The van der Waals surface area contributed by atoms with E-state index >= 15 is 0 Å². The van der Waals surface area contributed by atoms with Gasteiger partial charge in [0.25, 0.3) is 5.56 Å². The van der Waals surface area contributed by atoms with Gasteiger partial charge in [-0.1, -0.05) is 23.7 Å². The molecule has 0 saturated carbocycles. The molecule has 0 aliphatic carbocycles. The number of aryl methyl sites for hydroxylation is 1. The van der Waals surface area contributed by atoms with Crippen LogP contribution in [0.25, 0.3) is 10.2 Å². The van der Waals surface area contributed by atoms with Crippen LogP contribution in [-0.2, 0) is 4.79 Å². The van der Waals surface area contributed by atoms with E-state index in [1.165, 1.54) is 22.2 Å². The van der Waals surface area contributed by atoms with E-state index in [9.17, 15) is 9.59 Å². The normalized spacial score (nSPS) is 12.3. The smallest absolute Gasteiger partial charge is 0.262 e. The number of benzene rings is 1. The van der Waals surface area contributed by atoms with Gasteiger partial charge in [-0.2, -0.15) is 0 Å². The standard InChI is InChI=1S/C16H14ClN3O2S/c1-9-7-11-15(23-9)18-8-20(16(11)22)10(2)14(21)19-13-6-4-3-5-12(13)17/h3-8,10H,1-2H3,(H,19,21). The van der Waals surface area contributed by atoms with Gasteiger partial charge in [-0.25, -0.2) is 4.98 Å². The number of amides is 1. The molecule has 2 aromatic heterocycles. The van der Waals surface area contributed by atoms with E-state index in [4.69, 9.17) is 11.6 Å². The predicted octanol–water partition coefficient (Wildman–Crippen LogP) is 3.62. The molecule has 0 spiro atoms. The number of rotatable bonds is 3. The van der Waals surface area contributed by atoms with Gasteiger partial charge in [0.1, 0.15) is 10.9 Å². The molecule has 0 saturated heterocycles. The highest BCUT2D eigenvalue weighted by atomic mass is 35.5. The van der Waals surface area contributed by atoms with Crippen molar-refractivity contribution in [1.82, 2.24) is 9.55 Å². The molecule has 3 aromatic rings. The van der Waals surface area contributed by atoms with Gasteiger partial charge in [0.15, 0.2) is 0 Å². The van der Waals surface area contributed by atoms with E-state index in [0.29, 0.717) is 20.9 Å². The van der Waals surface area contributed by atoms with Crippen molar-refractivity contribution >= 4 is 44.7 Å². The molecule has 1 atom stereocenters. The Hall–Kier alpha value is -2.18. The van der Waals surface area contributed by atoms with E-state index in [-0.39, 0.29) is 11.5 Å². The quantitative estimate of drug-likeness (QED) is 0.787. The topological polar surface area (TPSA) is 64.0 Å². The van der Waals surface area contributed by atoms with Gasteiger partial charge in [-0.3, -0.25) is 14.2 Å². The summed E-state index contributed by atoms with van der Waals surface area (Å²) in [5.74, 6) is -0.326. The molecule has 0 aliphatic heterocycles. The number of para-hydroxylation sites is 1. The molecule has 0 fully saturated rings. The van der Waals surface area contributed by atoms with E-state index in [2.05, 4.69) is 10.3 Å². The van der Waals surface area contributed by atoms with E-state index in [1.54, 1.807) is 37.3 Å². The first-order chi connectivity index (χ1) is 11.0. The Morgan fingerprint density at radius 2 is 2.13 bits per heavy atom. The molecule has 0 radical (unpaired) electrons. The van der Waals surface area contributed by atoms with Crippen molar-refractivity contribution in [3.05, 3.63) is 56.9 Å². The van der Waals surface area contributed by atoms with Crippen molar-refractivity contribution in [2.75, 3.05) is 5.32 Å². The molecule has 2 heterocycles. The van der Waals surface area contributed by atoms with Crippen molar-refractivity contribution in [2.45, 2.75) is 19.9 Å². The number of aromatic nitrogens is 2. The number of halogens is 1. The summed E-state index contributed by atoms with van der Waals surface area (Å²) in [6, 6.07) is 8.05. The maximum Gasteiger partial charge on any atom is 0.262 e. The molecule has 0 bridgehead atoms. The maximum absolute atomic E-state index is 12.5. The van der Waals surface area contributed by atoms with Crippen molar-refractivity contribution in [3.63, 3.8) is 0 Å². The van der Waals surface area contributed by atoms with Crippen molar-refractivity contribution in [2.24, 2.45) is 0 Å². The second kappa shape index (κ2) is 6.14. The zero-order valence-electron chi connectivity index (χ0n) is 12.5. The summed E-state index contributed by atoms with van der Waals surface area (Å²) in [6.45, 7) is 3.57. The number of fused-ring (bicyclic) bond motifs is 1. The van der Waals surface area contributed by atoms with Crippen LogP contribution in [0.4, 0.5) is 5.69 Å². The first kappa shape index (κ1) is 15.7. The molecule has 1 N–H and O–H groups in total. The molecule has 1 unspecified atom stereocenters. The van der Waals surface area contributed by atoms with Crippen LogP contribution in [0.5, 0.6) is 0 Å². The van der Waals surface area contributed by atoms with Gasteiger partial charge in [-0.15, -0.1) is 11.3 Å². The first-order valence-corrected chi connectivity index (χ1v) is 8.19. The average molecular weight is 348 g/mol. The summed E-state index contributed by atoms with van der Waals surface area (Å²) in [6.07, 6.45) is 1.41. The highest BCUT2D eigenvalue weighted by molar-refractivity contribution is 7.18. The van der Waals surface area contributed by atoms with Gasteiger partial charge in [0.05, 0.1) is 22.4 Å². The van der Waals surface area contributed by atoms with Gasteiger partial charge < -0.3 is 5.32 Å². The third-order valence-electron chi connectivity index (χ3n) is 3.53. The fourth-order valence-electron chi connectivity index (χ4n) is 2.26. The summed E-state index contributed by atoms with van der Waals surface area (Å²) in [5, 5.41) is 3.71. The summed E-state index contributed by atoms with van der Waals surface area (Å²) >= 11 is 7.49. The Morgan fingerprint density at radius 1 is 1.39 bits per heavy atom. The number of nitrogens with zero attached hydrogens (tertiary/aromatic N) is 2. The van der Waals surface area contributed by atoms with Crippen molar-refractivity contribution in [1.29, 1.82) is 0 Å². The van der Waals surface area contributed by atoms with Crippen LogP contribution < -0.4 is 10.9 Å². The van der Waals surface area contributed by atoms with Crippen LogP contribution in [0, 0.1) is 6.92 Å². The average Bonchev–Trinajstić information content (AvgIpc) is 2.91. The summed E-state index contributed by atoms with van der Waals surface area (Å²) in [7, 11) is 0. The Kier molecular flexibility index (Phi) is 4.19. The van der Waals surface area contributed by atoms with Crippen molar-refractivity contribution in [3.8, 4) is 0 Å². The van der Waals surface area contributed by atoms with Crippen LogP contribution >= 0.6 is 22.9 Å². The second-order valence-electron chi connectivity index (χ2n) is 5.18. The van der Waals surface area contributed by atoms with Crippen LogP contribution in [0.3, 0.4) is 0 Å². The van der Waals surface area contributed by atoms with Crippen LogP contribution in [0.15, 0.2) is 41.5 Å². The zero-order valence-corrected chi connectivity index (χ0v) is 14.1. The SMILES string of the molecule is Cc1cc2c(=O)n(C(C)C(=O)Nc3ccccc3Cl)cnc2s1. The monoisotopic (exact) mass is 347 g/mol. The molecule has 1 aromatic carbocycles. The highest BCUT2D eigenvalue weighted by Gasteiger charge is 2.19. The highest BCUT2D eigenvalue weighted by Crippen LogP contribution is 2.22. The van der Waals surface area contributed by atoms with Crippen LogP contribution in [0.2, 0.25) is 5.02 Å². The van der Waals surface area contributed by atoms with E-state index < -0.39 is 6.04 Å². The maximum atomic E-state index is 12.5. The number of nitrogens with one attached hydrogen (secondary N) is 1. The largest absolute Gasteiger partial charge is 0.323 e. The van der Waals surface area contributed by atoms with Gasteiger partial charge in [0.2, 0.25) is 5.91 Å². The number of carbonyl (C=O) groups is 1. The number of carbonyl (C=O) groups excluding carboxylic acids is 1. The fourth-order valence-corrected chi connectivity index (χ4v) is 3.28. The Labute approximate surface area is 141 Å². The minimum Gasteiger partial charge on any atom is -0.323 e. The Bertz CT molecular complexity index is 948. The molecule has 3 rings (SSSR count). The number of hydrogen-bond acceptors (Lipinski definition) is 4. The summed E-state index contributed by atoms with van der Waals surface area (Å²) in [5.41, 5.74) is 0.292. The van der Waals surface area contributed by atoms with Gasteiger partial charge >= 0.3 is 0 Å². The number of anilines is 1. The van der Waals surface area contributed by atoms with Crippen LogP contribution in [0.1, 0.15) is 17.8 Å². The Balaban J connectivity index is 1.92. The molecule has 23 heavy (non-hydrogen) atoms. The second-order valence-corrected chi connectivity index (χ2v) is 6.82. The fraction of sp³-hybridized carbons (Fsp3) is 0.188. The molecule has 7 heteroatoms. The lowest BCUT2D eigenvalue weighted by Crippen LogP contribution is -2.31. The van der Waals surface area contributed by atoms with Gasteiger partial charge in [0, 0.05) is 4.88 Å². The number of thiophene rings is 1. The molecule has 0 aliphatic rings. The molecule has 118 valence electrons. The molecular weight excluding hydrogens is 334 g/mol. The lowest BCUT2D eigenvalue weighted by Gasteiger charge is -2.15. The van der Waals surface area contributed by atoms with E-state index in [1.807, 2.05) is 6.92 Å². The van der Waals surface area contributed by atoms with E-state index in [0.717, 1.165) is 4.88 Å². The number of hydrogen-bond donors (Lipinski definition) is 1. The minimum atomic E-state index is -0.698. The predicted molar refractivity (Wildman–Crippen MR) is 93.4 cm³/mol. The summed E-state index contributed by atoms with van der Waals surface area (Å²) in [4.78, 5) is 30.9. The minimum absolute atomic E-state index is 0.221. The Morgan fingerprint density at radius 3 is 2.87 bits per heavy atom. The zero-order chi connectivity index (χ0) is 16.6. The molecular formula is C16H14ClN3O2S. The molecule has 5 nitrogen and oxygen atoms in total. The van der Waals surface area contributed by atoms with Gasteiger partial charge in [-0.05, 0) is 32.0 Å². The lowest BCUT2D eigenvalue weighted by atomic mass is 10.2.